The van der Waals surface area contributed by atoms with E-state index in [4.69, 9.17) is 25.4 Å². The molecule has 30 heavy (non-hydrogen) atoms. The Hall–Kier alpha value is -4.22. The molecule has 4 N–H and O–H groups in total. The van der Waals surface area contributed by atoms with Gasteiger partial charge in [-0.3, -0.25) is 10.1 Å². The van der Waals surface area contributed by atoms with Crippen LogP contribution in [0.2, 0.25) is 0 Å². The van der Waals surface area contributed by atoms with Crippen molar-refractivity contribution in [1.29, 1.82) is 0 Å². The Labute approximate surface area is 168 Å². The zero-order chi connectivity index (χ0) is 22.0. The number of aromatic nitrogens is 2. The Kier molecular flexibility index (Phi) is 5.49. The van der Waals surface area contributed by atoms with Gasteiger partial charge in [0.15, 0.2) is 12.4 Å². The van der Waals surface area contributed by atoms with Crippen LogP contribution < -0.4 is 11.5 Å². The predicted octanol–water partition coefficient (Wildman–Crippen LogP) is 2.14. The summed E-state index contributed by atoms with van der Waals surface area (Å²) < 4.78 is 15.6. The monoisotopic (exact) mass is 415 g/mol. The minimum absolute atomic E-state index is 0.0162. The van der Waals surface area contributed by atoms with E-state index in [1.807, 2.05) is 0 Å². The Bertz CT molecular complexity index is 1170. The van der Waals surface area contributed by atoms with Crippen molar-refractivity contribution in [2.24, 2.45) is 0 Å². The van der Waals surface area contributed by atoms with Gasteiger partial charge >= 0.3 is 11.9 Å². The molecule has 12 nitrogen and oxygen atoms in total. The number of benzene rings is 1. The number of aryl methyl sites for hydroxylation is 1. The predicted molar refractivity (Wildman–Crippen MR) is 104 cm³/mol. The third-order valence-corrected chi connectivity index (χ3v) is 4.08. The Morgan fingerprint density at radius 2 is 1.93 bits per heavy atom. The first-order chi connectivity index (χ1) is 14.2. The van der Waals surface area contributed by atoms with Crippen LogP contribution >= 0.6 is 0 Å². The summed E-state index contributed by atoms with van der Waals surface area (Å²) in [7, 11) is 0. The number of hydrogen-bond acceptors (Lipinski definition) is 11. The number of nitro groups is 1. The van der Waals surface area contributed by atoms with Crippen LogP contribution in [0.15, 0.2) is 22.6 Å². The number of nitrogens with two attached hydrogens (primary N) is 2. The third kappa shape index (κ3) is 3.83. The molecule has 0 aliphatic rings. The molecule has 3 aromatic rings. The lowest BCUT2D eigenvalue weighted by atomic mass is 10.2. The number of hydrogen-bond donors (Lipinski definition) is 2. The maximum atomic E-state index is 12.2. The van der Waals surface area contributed by atoms with Crippen molar-refractivity contribution >= 4 is 40.2 Å². The van der Waals surface area contributed by atoms with Crippen molar-refractivity contribution in [3.8, 4) is 0 Å². The van der Waals surface area contributed by atoms with Gasteiger partial charge in [-0.05, 0) is 26.0 Å². The van der Waals surface area contributed by atoms with E-state index in [0.717, 1.165) is 6.07 Å². The molecule has 0 atom stereocenters. The fourth-order valence-corrected chi connectivity index (χ4v) is 2.74. The Balaban J connectivity index is 1.83. The van der Waals surface area contributed by atoms with E-state index in [1.54, 1.807) is 13.8 Å². The van der Waals surface area contributed by atoms with E-state index < -0.39 is 22.5 Å². The highest BCUT2D eigenvalue weighted by atomic mass is 16.6. The number of fused-ring (bicyclic) bond motifs is 1. The highest BCUT2D eigenvalue weighted by Gasteiger charge is 2.24. The number of ether oxygens (including phenoxy) is 2. The Morgan fingerprint density at radius 3 is 2.60 bits per heavy atom. The number of carbonyl (C=O) groups is 2. The largest absolute Gasteiger partial charge is 0.462 e. The molecule has 0 aliphatic heterocycles. The summed E-state index contributed by atoms with van der Waals surface area (Å²) in [4.78, 5) is 42.7. The fraction of sp³-hybridized carbons (Fsp3) is 0.222. The van der Waals surface area contributed by atoms with E-state index in [1.165, 1.54) is 12.1 Å². The summed E-state index contributed by atoms with van der Waals surface area (Å²) in [5.41, 5.74) is 11.1. The standard InChI is InChI=1S/C18H17N5O7/c1-3-28-18(25)13-8(2)30-16-14(13)15(20)21-12(22-16)7-29-17(24)9-4-5-10(19)11(6-9)23(26)27/h4-6H,3,7,19H2,1-2H3,(H2,20,21,22). The van der Waals surface area contributed by atoms with E-state index >= 15 is 0 Å². The van der Waals surface area contributed by atoms with Gasteiger partial charge in [-0.15, -0.1) is 0 Å². The number of nitrogens with zero attached hydrogens (tertiary/aromatic N) is 3. The highest BCUT2D eigenvalue weighted by molar-refractivity contribution is 6.07. The number of esters is 2. The summed E-state index contributed by atoms with van der Waals surface area (Å²) in [6.45, 7) is 3.01. The molecular formula is C18H17N5O7. The number of carbonyl (C=O) groups excluding carboxylic acids is 2. The van der Waals surface area contributed by atoms with Crippen molar-refractivity contribution in [3.63, 3.8) is 0 Å². The number of furan rings is 1. The van der Waals surface area contributed by atoms with Crippen LogP contribution in [0.4, 0.5) is 17.2 Å². The second-order valence-electron chi connectivity index (χ2n) is 6.07. The molecule has 12 heteroatoms. The number of anilines is 2. The van der Waals surface area contributed by atoms with Crippen LogP contribution in [-0.2, 0) is 16.1 Å². The summed E-state index contributed by atoms with van der Waals surface area (Å²) >= 11 is 0. The molecule has 3 rings (SSSR count). The Morgan fingerprint density at radius 1 is 1.20 bits per heavy atom. The van der Waals surface area contributed by atoms with Crippen LogP contribution in [0.3, 0.4) is 0 Å². The molecule has 0 fully saturated rings. The molecule has 0 aliphatic carbocycles. The van der Waals surface area contributed by atoms with Gasteiger partial charge in [0, 0.05) is 6.07 Å². The zero-order valence-corrected chi connectivity index (χ0v) is 16.0. The number of nitrogen functional groups attached to an aromatic ring is 2. The second-order valence-corrected chi connectivity index (χ2v) is 6.07. The maximum Gasteiger partial charge on any atom is 0.342 e. The number of nitro benzene ring substituents is 1. The number of rotatable bonds is 6. The van der Waals surface area contributed by atoms with Crippen molar-refractivity contribution in [2.75, 3.05) is 18.1 Å². The first-order valence-corrected chi connectivity index (χ1v) is 8.66. The third-order valence-electron chi connectivity index (χ3n) is 4.08. The van der Waals surface area contributed by atoms with Crippen molar-refractivity contribution in [3.05, 3.63) is 51.0 Å². The summed E-state index contributed by atoms with van der Waals surface area (Å²) in [6, 6.07) is 3.54. The van der Waals surface area contributed by atoms with Crippen LogP contribution in [0.1, 0.15) is 39.2 Å². The molecule has 1 aromatic carbocycles. The molecule has 156 valence electrons. The summed E-state index contributed by atoms with van der Waals surface area (Å²) in [5, 5.41) is 11.2. The average molecular weight is 415 g/mol. The first-order valence-electron chi connectivity index (χ1n) is 8.66. The van der Waals surface area contributed by atoms with Crippen LogP contribution in [0.5, 0.6) is 0 Å². The van der Waals surface area contributed by atoms with Gasteiger partial charge in [-0.2, -0.15) is 4.98 Å². The van der Waals surface area contributed by atoms with Gasteiger partial charge in [0.05, 0.1) is 22.5 Å². The van der Waals surface area contributed by atoms with Gasteiger partial charge in [-0.25, -0.2) is 14.6 Å². The molecule has 0 bridgehead atoms. The summed E-state index contributed by atoms with van der Waals surface area (Å²) in [5.74, 6) is -1.24. The van der Waals surface area contributed by atoms with E-state index in [2.05, 4.69) is 9.97 Å². The topological polar surface area (TPSA) is 187 Å². The lowest BCUT2D eigenvalue weighted by Crippen LogP contribution is -2.10. The van der Waals surface area contributed by atoms with Crippen LogP contribution in [0.25, 0.3) is 11.1 Å². The van der Waals surface area contributed by atoms with E-state index in [0.29, 0.717) is 0 Å². The highest BCUT2D eigenvalue weighted by Crippen LogP contribution is 2.29. The van der Waals surface area contributed by atoms with Crippen LogP contribution in [0, 0.1) is 17.0 Å². The maximum absolute atomic E-state index is 12.2. The molecule has 0 radical (unpaired) electrons. The second kappa shape index (κ2) is 8.03. The minimum Gasteiger partial charge on any atom is -0.462 e. The van der Waals surface area contributed by atoms with Gasteiger partial charge in [0.2, 0.25) is 5.71 Å². The summed E-state index contributed by atoms with van der Waals surface area (Å²) in [6.07, 6.45) is 0. The zero-order valence-electron chi connectivity index (χ0n) is 16.0. The quantitative estimate of drug-likeness (QED) is 0.260. The molecule has 0 saturated carbocycles. The van der Waals surface area contributed by atoms with E-state index in [-0.39, 0.29) is 58.5 Å². The SMILES string of the molecule is CCOC(=O)c1c(C)oc2nc(COC(=O)c3ccc(N)c([N+](=O)[O-])c3)nc(N)c12. The minimum atomic E-state index is -0.844. The van der Waals surface area contributed by atoms with Crippen LogP contribution in [-0.4, -0.2) is 33.4 Å². The van der Waals surface area contributed by atoms with Crippen molar-refractivity contribution < 1.29 is 28.4 Å². The fourth-order valence-electron chi connectivity index (χ4n) is 2.74. The smallest absolute Gasteiger partial charge is 0.342 e. The molecule has 0 saturated heterocycles. The molecule has 2 heterocycles. The normalized spacial score (nSPS) is 10.7. The molecule has 0 spiro atoms. The van der Waals surface area contributed by atoms with Gasteiger partial charge in [-0.1, -0.05) is 0 Å². The van der Waals surface area contributed by atoms with Crippen molar-refractivity contribution in [1.82, 2.24) is 9.97 Å². The van der Waals surface area contributed by atoms with Crippen molar-refractivity contribution in [2.45, 2.75) is 20.5 Å². The lowest BCUT2D eigenvalue weighted by Gasteiger charge is -2.06. The van der Waals surface area contributed by atoms with E-state index in [9.17, 15) is 19.7 Å². The van der Waals surface area contributed by atoms with Gasteiger partial charge in [0.25, 0.3) is 5.69 Å². The lowest BCUT2D eigenvalue weighted by molar-refractivity contribution is -0.383. The first kappa shape index (κ1) is 20.5. The van der Waals surface area contributed by atoms with Gasteiger partial charge < -0.3 is 25.4 Å². The average Bonchev–Trinajstić information content (AvgIpc) is 3.02. The molecule has 0 unspecified atom stereocenters. The molecule has 2 aromatic heterocycles. The molecular weight excluding hydrogens is 398 g/mol. The van der Waals surface area contributed by atoms with Gasteiger partial charge in [0.1, 0.15) is 22.8 Å². The molecule has 0 amide bonds.